The highest BCUT2D eigenvalue weighted by Gasteiger charge is 2.50. The summed E-state index contributed by atoms with van der Waals surface area (Å²) < 4.78 is 42.6. The molecule has 1 N–H and O–H groups in total. The highest BCUT2D eigenvalue weighted by molar-refractivity contribution is 6.09. The van der Waals surface area contributed by atoms with Crippen LogP contribution in [0.25, 0.3) is 0 Å². The van der Waals surface area contributed by atoms with Crippen LogP contribution in [0.4, 0.5) is 19.0 Å². The molecule has 0 bridgehead atoms. The Bertz CT molecular complexity index is 1020. The fourth-order valence-electron chi connectivity index (χ4n) is 3.66. The number of alkyl halides is 2. The van der Waals surface area contributed by atoms with E-state index in [1.165, 1.54) is 12.1 Å². The van der Waals surface area contributed by atoms with Crippen molar-refractivity contribution in [2.24, 2.45) is 0 Å². The van der Waals surface area contributed by atoms with Gasteiger partial charge in [0.2, 0.25) is 0 Å². The molecular weight excluding hydrogens is 385 g/mol. The van der Waals surface area contributed by atoms with E-state index in [1.54, 1.807) is 19.1 Å². The first-order chi connectivity index (χ1) is 13.7. The van der Waals surface area contributed by atoms with E-state index >= 15 is 0 Å². The van der Waals surface area contributed by atoms with Gasteiger partial charge in [0.1, 0.15) is 17.3 Å². The number of aryl methyl sites for hydroxylation is 1. The van der Waals surface area contributed by atoms with Crippen LogP contribution in [0.15, 0.2) is 47.7 Å². The number of halogens is 3. The monoisotopic (exact) mass is 402 g/mol. The number of hydrogen-bond acceptors (Lipinski definition) is 4. The summed E-state index contributed by atoms with van der Waals surface area (Å²) in [6.07, 6.45) is 0.302. The second kappa shape index (κ2) is 6.98. The van der Waals surface area contributed by atoms with Crippen LogP contribution in [0, 0.1) is 12.7 Å². The summed E-state index contributed by atoms with van der Waals surface area (Å²) in [5.41, 5.74) is 0.454. The molecule has 1 aliphatic heterocycles. The molecule has 150 valence electrons. The summed E-state index contributed by atoms with van der Waals surface area (Å²) in [7, 11) is 0. The predicted molar refractivity (Wildman–Crippen MR) is 98.0 cm³/mol. The molecule has 2 amide bonds. The molecular formula is C20H17F3N4O2. The standard InChI is InChI=1S/C20H17F3N4O2/c1-11-3-2-4-16(25-11)18(28)26-13-7-14-15(20(22,23)8-13)10-27(19(14)29)17-6-5-12(21)9-24-17/h2-6,9,13H,7-8,10H2,1H3,(H,26,28). The van der Waals surface area contributed by atoms with E-state index < -0.39 is 36.0 Å². The summed E-state index contributed by atoms with van der Waals surface area (Å²) in [5.74, 6) is -4.91. The summed E-state index contributed by atoms with van der Waals surface area (Å²) in [5, 5.41) is 2.56. The van der Waals surface area contributed by atoms with Gasteiger partial charge in [0.25, 0.3) is 17.7 Å². The Morgan fingerprint density at radius 3 is 2.76 bits per heavy atom. The molecule has 2 aliphatic rings. The van der Waals surface area contributed by atoms with Gasteiger partial charge in [0.15, 0.2) is 0 Å². The van der Waals surface area contributed by atoms with Gasteiger partial charge in [-0.3, -0.25) is 14.5 Å². The summed E-state index contributed by atoms with van der Waals surface area (Å²) in [6.45, 7) is 1.41. The van der Waals surface area contributed by atoms with Crippen LogP contribution in [0.1, 0.15) is 29.0 Å². The first-order valence-electron chi connectivity index (χ1n) is 9.03. The zero-order valence-corrected chi connectivity index (χ0v) is 15.5. The third-order valence-electron chi connectivity index (χ3n) is 5.02. The number of pyridine rings is 2. The number of carbonyl (C=O) groups is 2. The predicted octanol–water partition coefficient (Wildman–Crippen LogP) is 2.80. The highest BCUT2D eigenvalue weighted by atomic mass is 19.3. The molecule has 0 spiro atoms. The van der Waals surface area contributed by atoms with E-state index in [1.807, 2.05) is 0 Å². The molecule has 4 rings (SSSR count). The van der Waals surface area contributed by atoms with Gasteiger partial charge < -0.3 is 5.32 Å². The number of aromatic nitrogens is 2. The third-order valence-corrected chi connectivity index (χ3v) is 5.02. The quantitative estimate of drug-likeness (QED) is 0.857. The molecule has 2 aromatic heterocycles. The van der Waals surface area contributed by atoms with Crippen LogP contribution < -0.4 is 10.2 Å². The Balaban J connectivity index is 1.54. The minimum absolute atomic E-state index is 0.0149. The van der Waals surface area contributed by atoms with Gasteiger partial charge in [0, 0.05) is 29.3 Å². The lowest BCUT2D eigenvalue weighted by atomic mass is 9.86. The Kier molecular flexibility index (Phi) is 4.60. The average Bonchev–Trinajstić information content (AvgIpc) is 3.00. The van der Waals surface area contributed by atoms with E-state index in [0.29, 0.717) is 5.69 Å². The van der Waals surface area contributed by atoms with Crippen molar-refractivity contribution < 1.29 is 22.8 Å². The van der Waals surface area contributed by atoms with Crippen molar-refractivity contribution in [3.05, 3.63) is 64.9 Å². The first kappa shape index (κ1) is 19.1. The van der Waals surface area contributed by atoms with Crippen LogP contribution in [0.3, 0.4) is 0 Å². The molecule has 9 heteroatoms. The zero-order chi connectivity index (χ0) is 20.8. The molecule has 0 saturated carbocycles. The largest absolute Gasteiger partial charge is 0.347 e. The fraction of sp³-hybridized carbons (Fsp3) is 0.300. The Morgan fingerprint density at radius 1 is 1.28 bits per heavy atom. The summed E-state index contributed by atoms with van der Waals surface area (Å²) in [4.78, 5) is 34.1. The Morgan fingerprint density at radius 2 is 2.07 bits per heavy atom. The molecule has 1 aliphatic carbocycles. The lowest BCUT2D eigenvalue weighted by molar-refractivity contribution is -0.115. The Hall–Kier alpha value is -3.23. The second-order valence-corrected chi connectivity index (χ2v) is 7.13. The lowest BCUT2D eigenvalue weighted by Crippen LogP contribution is -2.43. The molecule has 0 fully saturated rings. The molecule has 0 radical (unpaired) electrons. The van der Waals surface area contributed by atoms with Crippen LogP contribution in [-0.2, 0) is 4.79 Å². The van der Waals surface area contributed by atoms with Gasteiger partial charge in [0.05, 0.1) is 12.7 Å². The van der Waals surface area contributed by atoms with Crippen LogP contribution in [0.2, 0.25) is 0 Å². The molecule has 2 aromatic rings. The summed E-state index contributed by atoms with van der Waals surface area (Å²) >= 11 is 0. The van der Waals surface area contributed by atoms with Gasteiger partial charge in [-0.1, -0.05) is 6.07 Å². The van der Waals surface area contributed by atoms with Crippen LogP contribution >= 0.6 is 0 Å². The minimum atomic E-state index is -3.25. The summed E-state index contributed by atoms with van der Waals surface area (Å²) in [6, 6.07) is 6.34. The maximum Gasteiger partial charge on any atom is 0.273 e. The van der Waals surface area contributed by atoms with Gasteiger partial charge in [-0.2, -0.15) is 0 Å². The topological polar surface area (TPSA) is 75.2 Å². The van der Waals surface area contributed by atoms with Gasteiger partial charge >= 0.3 is 0 Å². The number of amides is 2. The van der Waals surface area contributed by atoms with Crippen molar-refractivity contribution in [2.75, 3.05) is 11.4 Å². The molecule has 0 aromatic carbocycles. The van der Waals surface area contributed by atoms with E-state index in [-0.39, 0.29) is 35.6 Å². The maximum absolute atomic E-state index is 14.8. The smallest absolute Gasteiger partial charge is 0.273 e. The van der Waals surface area contributed by atoms with Crippen molar-refractivity contribution >= 4 is 17.6 Å². The van der Waals surface area contributed by atoms with E-state index in [2.05, 4.69) is 15.3 Å². The maximum atomic E-state index is 14.8. The molecule has 6 nitrogen and oxygen atoms in total. The normalized spacial score (nSPS) is 20.6. The Labute approximate surface area is 164 Å². The molecule has 1 unspecified atom stereocenters. The van der Waals surface area contributed by atoms with E-state index in [0.717, 1.165) is 17.2 Å². The van der Waals surface area contributed by atoms with Gasteiger partial charge in [-0.25, -0.2) is 23.1 Å². The minimum Gasteiger partial charge on any atom is -0.347 e. The number of anilines is 1. The number of rotatable bonds is 3. The first-order valence-corrected chi connectivity index (χ1v) is 9.03. The van der Waals surface area contributed by atoms with Crippen molar-refractivity contribution in [3.63, 3.8) is 0 Å². The van der Waals surface area contributed by atoms with Crippen LogP contribution in [-0.4, -0.2) is 40.3 Å². The third kappa shape index (κ3) is 3.59. The molecule has 1 atom stereocenters. The van der Waals surface area contributed by atoms with Crippen molar-refractivity contribution in [2.45, 2.75) is 31.7 Å². The molecule has 0 saturated heterocycles. The number of hydrogen-bond donors (Lipinski definition) is 1. The number of carbonyl (C=O) groups excluding carboxylic acids is 2. The lowest BCUT2D eigenvalue weighted by Gasteiger charge is -2.30. The van der Waals surface area contributed by atoms with Gasteiger partial charge in [-0.15, -0.1) is 0 Å². The SMILES string of the molecule is Cc1cccc(C(=O)NC2CC3=C(CN(c4ccc(F)cn4)C3=O)C(F)(F)C2)n1. The molecule has 29 heavy (non-hydrogen) atoms. The van der Waals surface area contributed by atoms with Crippen LogP contribution in [0.5, 0.6) is 0 Å². The second-order valence-electron chi connectivity index (χ2n) is 7.13. The van der Waals surface area contributed by atoms with Crippen molar-refractivity contribution in [1.29, 1.82) is 0 Å². The molecule has 3 heterocycles. The van der Waals surface area contributed by atoms with Crippen molar-refractivity contribution in [3.8, 4) is 0 Å². The zero-order valence-electron chi connectivity index (χ0n) is 15.5. The number of nitrogens with zero attached hydrogens (tertiary/aromatic N) is 3. The fourth-order valence-corrected chi connectivity index (χ4v) is 3.66. The average molecular weight is 402 g/mol. The van der Waals surface area contributed by atoms with Gasteiger partial charge in [-0.05, 0) is 37.6 Å². The highest BCUT2D eigenvalue weighted by Crippen LogP contribution is 2.43. The van der Waals surface area contributed by atoms with E-state index in [4.69, 9.17) is 0 Å². The van der Waals surface area contributed by atoms with E-state index in [9.17, 15) is 22.8 Å². The van der Waals surface area contributed by atoms with Crippen molar-refractivity contribution in [1.82, 2.24) is 15.3 Å². The number of nitrogens with one attached hydrogen (secondary N) is 1.